The number of likely N-dealkylation sites (tertiary alicyclic amines) is 1. The van der Waals surface area contributed by atoms with Crippen molar-refractivity contribution in [1.82, 2.24) is 4.90 Å². The number of aliphatic hydroxyl groups excluding tert-OH is 1. The fourth-order valence-electron chi connectivity index (χ4n) is 2.27. The zero-order valence-electron chi connectivity index (χ0n) is 10.3. The number of rotatable bonds is 2. The largest absolute Gasteiger partial charge is 0.480 e. The van der Waals surface area contributed by atoms with Gasteiger partial charge in [0.1, 0.15) is 6.04 Å². The first-order valence-corrected chi connectivity index (χ1v) is 6.68. The minimum absolute atomic E-state index is 0.0573. The number of carboxylic acids is 1. The van der Waals surface area contributed by atoms with Crippen molar-refractivity contribution in [2.75, 3.05) is 6.54 Å². The highest BCUT2D eigenvalue weighted by Gasteiger charge is 2.39. The van der Waals surface area contributed by atoms with Crippen LogP contribution >= 0.6 is 15.9 Å². The van der Waals surface area contributed by atoms with Crippen molar-refractivity contribution in [3.05, 3.63) is 33.8 Å². The van der Waals surface area contributed by atoms with Gasteiger partial charge in [-0.15, -0.1) is 0 Å². The standard InChI is InChI=1S/C13H14BrNO4/c1-7-9(3-2-4-10(7)14)12(17)15-6-8(16)5-11(15)13(18)19/h2-4,8,11,16H,5-6H2,1H3,(H,18,19)/t8-,11-/m1/s1. The number of carboxylic acid groups (broad SMARTS) is 1. The smallest absolute Gasteiger partial charge is 0.326 e. The maximum absolute atomic E-state index is 12.4. The molecule has 1 aromatic rings. The molecule has 1 amide bonds. The monoisotopic (exact) mass is 327 g/mol. The fourth-order valence-corrected chi connectivity index (χ4v) is 2.63. The minimum Gasteiger partial charge on any atom is -0.480 e. The topological polar surface area (TPSA) is 77.8 Å². The Hall–Kier alpha value is -1.40. The molecule has 2 rings (SSSR count). The van der Waals surface area contributed by atoms with Gasteiger partial charge in [-0.2, -0.15) is 0 Å². The number of halogens is 1. The number of amides is 1. The second-order valence-electron chi connectivity index (χ2n) is 4.61. The Morgan fingerprint density at radius 1 is 1.42 bits per heavy atom. The Morgan fingerprint density at radius 2 is 2.11 bits per heavy atom. The van der Waals surface area contributed by atoms with Crippen molar-refractivity contribution in [2.45, 2.75) is 25.5 Å². The van der Waals surface area contributed by atoms with Crippen LogP contribution in [-0.4, -0.2) is 45.7 Å². The summed E-state index contributed by atoms with van der Waals surface area (Å²) in [4.78, 5) is 24.8. The van der Waals surface area contributed by atoms with E-state index in [0.29, 0.717) is 5.56 Å². The van der Waals surface area contributed by atoms with Crippen LogP contribution in [0.4, 0.5) is 0 Å². The van der Waals surface area contributed by atoms with Gasteiger partial charge in [0.25, 0.3) is 5.91 Å². The molecule has 0 radical (unpaired) electrons. The molecule has 1 aromatic carbocycles. The lowest BCUT2D eigenvalue weighted by Crippen LogP contribution is -2.40. The van der Waals surface area contributed by atoms with E-state index in [9.17, 15) is 14.7 Å². The van der Waals surface area contributed by atoms with Crippen LogP contribution in [0.1, 0.15) is 22.3 Å². The molecule has 5 nitrogen and oxygen atoms in total. The second-order valence-corrected chi connectivity index (χ2v) is 5.47. The zero-order valence-corrected chi connectivity index (χ0v) is 11.9. The van der Waals surface area contributed by atoms with Crippen LogP contribution in [0.3, 0.4) is 0 Å². The summed E-state index contributed by atoms with van der Waals surface area (Å²) in [5.74, 6) is -1.44. The highest BCUT2D eigenvalue weighted by Crippen LogP contribution is 2.25. The average molecular weight is 328 g/mol. The normalized spacial score (nSPS) is 22.6. The van der Waals surface area contributed by atoms with Crippen molar-refractivity contribution in [3.63, 3.8) is 0 Å². The van der Waals surface area contributed by atoms with E-state index in [-0.39, 0.29) is 18.9 Å². The van der Waals surface area contributed by atoms with E-state index in [1.807, 2.05) is 6.07 Å². The van der Waals surface area contributed by atoms with Crippen molar-refractivity contribution >= 4 is 27.8 Å². The first kappa shape index (κ1) is 14.0. The molecule has 0 aromatic heterocycles. The molecule has 1 fully saturated rings. The van der Waals surface area contributed by atoms with E-state index in [1.165, 1.54) is 4.90 Å². The summed E-state index contributed by atoms with van der Waals surface area (Å²) in [6, 6.07) is 4.25. The van der Waals surface area contributed by atoms with Crippen LogP contribution in [0.2, 0.25) is 0 Å². The fraction of sp³-hybridized carbons (Fsp3) is 0.385. The molecule has 6 heteroatoms. The van der Waals surface area contributed by atoms with E-state index in [2.05, 4.69) is 15.9 Å². The predicted octanol–water partition coefficient (Wildman–Crippen LogP) is 1.42. The highest BCUT2D eigenvalue weighted by molar-refractivity contribution is 9.10. The third-order valence-electron chi connectivity index (χ3n) is 3.32. The summed E-state index contributed by atoms with van der Waals surface area (Å²) in [6.07, 6.45) is -0.703. The molecule has 0 saturated carbocycles. The maximum atomic E-state index is 12.4. The van der Waals surface area contributed by atoms with Gasteiger partial charge in [-0.1, -0.05) is 22.0 Å². The van der Waals surface area contributed by atoms with Gasteiger partial charge in [-0.25, -0.2) is 4.79 Å². The van der Waals surface area contributed by atoms with Crippen LogP contribution in [0.15, 0.2) is 22.7 Å². The summed E-state index contributed by atoms with van der Waals surface area (Å²) in [7, 11) is 0. The molecule has 1 aliphatic rings. The Morgan fingerprint density at radius 3 is 2.74 bits per heavy atom. The van der Waals surface area contributed by atoms with Crippen molar-refractivity contribution in [1.29, 1.82) is 0 Å². The summed E-state index contributed by atoms with van der Waals surface area (Å²) >= 11 is 3.34. The second kappa shape index (κ2) is 5.30. The number of β-amino-alcohol motifs (C(OH)–C–C–N with tert-alkyl or cyclic N) is 1. The maximum Gasteiger partial charge on any atom is 0.326 e. The summed E-state index contributed by atoms with van der Waals surface area (Å²) < 4.78 is 0.796. The van der Waals surface area contributed by atoms with Gasteiger partial charge in [0.05, 0.1) is 6.10 Å². The van der Waals surface area contributed by atoms with Crippen LogP contribution in [0.5, 0.6) is 0 Å². The number of hydrogen-bond donors (Lipinski definition) is 2. The van der Waals surface area contributed by atoms with E-state index in [0.717, 1.165) is 10.0 Å². The summed E-state index contributed by atoms with van der Waals surface area (Å²) in [5.41, 5.74) is 1.22. The van der Waals surface area contributed by atoms with Gasteiger partial charge < -0.3 is 15.1 Å². The quantitative estimate of drug-likeness (QED) is 0.861. The van der Waals surface area contributed by atoms with Crippen LogP contribution < -0.4 is 0 Å². The first-order chi connectivity index (χ1) is 8.91. The lowest BCUT2D eigenvalue weighted by molar-refractivity contribution is -0.141. The van der Waals surface area contributed by atoms with Crippen LogP contribution in [0, 0.1) is 6.92 Å². The van der Waals surface area contributed by atoms with E-state index < -0.39 is 18.1 Å². The number of nitrogens with zero attached hydrogens (tertiary/aromatic N) is 1. The minimum atomic E-state index is -1.09. The number of hydrogen-bond acceptors (Lipinski definition) is 3. The third-order valence-corrected chi connectivity index (χ3v) is 4.18. The number of carbonyl (C=O) groups excluding carboxylic acids is 1. The van der Waals surface area contributed by atoms with Crippen LogP contribution in [-0.2, 0) is 4.79 Å². The average Bonchev–Trinajstić information content (AvgIpc) is 2.74. The molecule has 1 saturated heterocycles. The van der Waals surface area contributed by atoms with E-state index in [4.69, 9.17) is 5.11 Å². The molecule has 19 heavy (non-hydrogen) atoms. The molecule has 1 aliphatic heterocycles. The van der Waals surface area contributed by atoms with E-state index in [1.54, 1.807) is 19.1 Å². The summed E-state index contributed by atoms with van der Waals surface area (Å²) in [5, 5.41) is 18.7. The Bertz CT molecular complexity index is 531. The molecule has 2 atom stereocenters. The van der Waals surface area contributed by atoms with Gasteiger partial charge in [0.2, 0.25) is 0 Å². The van der Waals surface area contributed by atoms with Gasteiger partial charge in [0.15, 0.2) is 0 Å². The molecule has 0 bridgehead atoms. The van der Waals surface area contributed by atoms with Gasteiger partial charge >= 0.3 is 5.97 Å². The Labute approximate surface area is 119 Å². The molecule has 102 valence electrons. The highest BCUT2D eigenvalue weighted by atomic mass is 79.9. The Balaban J connectivity index is 2.33. The molecule has 0 aliphatic carbocycles. The number of carbonyl (C=O) groups is 2. The molecule has 0 unspecified atom stereocenters. The van der Waals surface area contributed by atoms with E-state index >= 15 is 0 Å². The van der Waals surface area contributed by atoms with Crippen LogP contribution in [0.25, 0.3) is 0 Å². The first-order valence-electron chi connectivity index (χ1n) is 5.88. The van der Waals surface area contributed by atoms with Crippen molar-refractivity contribution in [2.24, 2.45) is 0 Å². The molecular weight excluding hydrogens is 314 g/mol. The third kappa shape index (κ3) is 2.64. The molecule has 0 spiro atoms. The predicted molar refractivity (Wildman–Crippen MR) is 72.0 cm³/mol. The summed E-state index contributed by atoms with van der Waals surface area (Å²) in [6.45, 7) is 1.85. The number of aliphatic hydroxyl groups is 1. The SMILES string of the molecule is Cc1c(Br)cccc1C(=O)N1C[C@H](O)C[C@@H]1C(=O)O. The van der Waals surface area contributed by atoms with Gasteiger partial charge in [-0.3, -0.25) is 4.79 Å². The molecular formula is C13H14BrNO4. The van der Waals surface area contributed by atoms with Crippen molar-refractivity contribution < 1.29 is 19.8 Å². The lowest BCUT2D eigenvalue weighted by Gasteiger charge is -2.22. The number of benzene rings is 1. The van der Waals surface area contributed by atoms with Crippen molar-refractivity contribution in [3.8, 4) is 0 Å². The molecule has 2 N–H and O–H groups in total. The number of aliphatic carboxylic acids is 1. The van der Waals surface area contributed by atoms with Gasteiger partial charge in [-0.05, 0) is 24.6 Å². The van der Waals surface area contributed by atoms with Gasteiger partial charge in [0, 0.05) is 23.0 Å². The lowest BCUT2D eigenvalue weighted by atomic mass is 10.1. The molecule has 1 heterocycles. The zero-order chi connectivity index (χ0) is 14.2. The Kier molecular flexibility index (Phi) is 3.91.